The zero-order valence-corrected chi connectivity index (χ0v) is 18.6. The van der Waals surface area contributed by atoms with E-state index in [0.29, 0.717) is 27.7 Å². The third kappa shape index (κ3) is 5.67. The van der Waals surface area contributed by atoms with Crippen molar-refractivity contribution in [1.82, 2.24) is 15.5 Å². The maximum absolute atomic E-state index is 13.2. The standard InChI is InChI=1S/C25H21FN4O2S/c1-16-7-5-6-10-20(16)22(31)27-21(15-17-8-3-2-4-9-17)23(32)28-25-30-29-24(33-25)18-11-13-19(26)14-12-18/h2-14,21H,15H2,1H3,(H,27,31)(H,28,30,32). The lowest BCUT2D eigenvalue weighted by Crippen LogP contribution is -2.45. The average Bonchev–Trinajstić information content (AvgIpc) is 3.28. The minimum Gasteiger partial charge on any atom is -0.340 e. The molecular formula is C25H21FN4O2S. The van der Waals surface area contributed by atoms with Crippen molar-refractivity contribution in [1.29, 1.82) is 0 Å². The molecule has 1 unspecified atom stereocenters. The number of amides is 2. The van der Waals surface area contributed by atoms with Crippen LogP contribution in [0, 0.1) is 12.7 Å². The van der Waals surface area contributed by atoms with Gasteiger partial charge in [0.15, 0.2) is 0 Å². The Bertz CT molecular complexity index is 1260. The quantitative estimate of drug-likeness (QED) is 0.421. The Kier molecular flexibility index (Phi) is 6.85. The molecule has 1 atom stereocenters. The lowest BCUT2D eigenvalue weighted by Gasteiger charge is -2.18. The Morgan fingerprint density at radius 1 is 0.939 bits per heavy atom. The highest BCUT2D eigenvalue weighted by Gasteiger charge is 2.24. The Labute approximate surface area is 194 Å². The Morgan fingerprint density at radius 3 is 2.36 bits per heavy atom. The molecule has 0 aliphatic heterocycles. The minimum atomic E-state index is -0.822. The van der Waals surface area contributed by atoms with Crippen LogP contribution < -0.4 is 10.6 Å². The molecule has 0 aliphatic rings. The topological polar surface area (TPSA) is 84.0 Å². The number of carbonyl (C=O) groups is 2. The number of anilines is 1. The lowest BCUT2D eigenvalue weighted by atomic mass is 10.0. The summed E-state index contributed by atoms with van der Waals surface area (Å²) < 4.78 is 13.2. The first-order valence-corrected chi connectivity index (χ1v) is 11.1. The monoisotopic (exact) mass is 460 g/mol. The molecule has 0 aliphatic carbocycles. The molecule has 1 heterocycles. The third-order valence-corrected chi connectivity index (χ3v) is 5.93. The van der Waals surface area contributed by atoms with Gasteiger partial charge in [0.2, 0.25) is 11.0 Å². The van der Waals surface area contributed by atoms with Gasteiger partial charge in [0.25, 0.3) is 5.91 Å². The fourth-order valence-corrected chi connectivity index (χ4v) is 4.05. The van der Waals surface area contributed by atoms with E-state index in [0.717, 1.165) is 11.1 Å². The summed E-state index contributed by atoms with van der Waals surface area (Å²) in [7, 11) is 0. The van der Waals surface area contributed by atoms with Crippen molar-refractivity contribution in [2.24, 2.45) is 0 Å². The van der Waals surface area contributed by atoms with Crippen LogP contribution in [0.2, 0.25) is 0 Å². The fourth-order valence-electron chi connectivity index (χ4n) is 3.30. The van der Waals surface area contributed by atoms with Crippen LogP contribution >= 0.6 is 11.3 Å². The van der Waals surface area contributed by atoms with E-state index in [4.69, 9.17) is 0 Å². The fraction of sp³-hybridized carbons (Fsp3) is 0.120. The summed E-state index contributed by atoms with van der Waals surface area (Å²) >= 11 is 1.17. The van der Waals surface area contributed by atoms with Gasteiger partial charge in [-0.1, -0.05) is 59.9 Å². The SMILES string of the molecule is Cc1ccccc1C(=O)NC(Cc1ccccc1)C(=O)Nc1nnc(-c2ccc(F)cc2)s1. The highest BCUT2D eigenvalue weighted by atomic mass is 32.1. The van der Waals surface area contributed by atoms with Gasteiger partial charge in [0.1, 0.15) is 16.9 Å². The van der Waals surface area contributed by atoms with Crippen LogP contribution in [-0.4, -0.2) is 28.1 Å². The van der Waals surface area contributed by atoms with Crippen LogP contribution in [0.15, 0.2) is 78.9 Å². The van der Waals surface area contributed by atoms with Gasteiger partial charge in [-0.15, -0.1) is 10.2 Å². The molecule has 166 valence electrons. The van der Waals surface area contributed by atoms with Crippen molar-refractivity contribution in [3.8, 4) is 10.6 Å². The van der Waals surface area contributed by atoms with Crippen molar-refractivity contribution in [3.05, 3.63) is 101 Å². The predicted molar refractivity (Wildman–Crippen MR) is 127 cm³/mol. The first-order valence-electron chi connectivity index (χ1n) is 10.3. The molecular weight excluding hydrogens is 439 g/mol. The van der Waals surface area contributed by atoms with Crippen molar-refractivity contribution in [2.45, 2.75) is 19.4 Å². The van der Waals surface area contributed by atoms with Crippen molar-refractivity contribution >= 4 is 28.3 Å². The minimum absolute atomic E-state index is 0.294. The van der Waals surface area contributed by atoms with E-state index in [1.807, 2.05) is 49.4 Å². The van der Waals surface area contributed by atoms with Crippen molar-refractivity contribution in [3.63, 3.8) is 0 Å². The van der Waals surface area contributed by atoms with Gasteiger partial charge >= 0.3 is 0 Å². The van der Waals surface area contributed by atoms with Gasteiger partial charge in [-0.3, -0.25) is 14.9 Å². The number of benzene rings is 3. The van der Waals surface area contributed by atoms with Crippen LogP contribution in [0.1, 0.15) is 21.5 Å². The molecule has 0 saturated heterocycles. The Morgan fingerprint density at radius 2 is 1.64 bits per heavy atom. The molecule has 4 aromatic rings. The number of hydrogen-bond acceptors (Lipinski definition) is 5. The first-order chi connectivity index (χ1) is 16.0. The van der Waals surface area contributed by atoms with E-state index in [2.05, 4.69) is 20.8 Å². The van der Waals surface area contributed by atoms with E-state index in [1.54, 1.807) is 24.3 Å². The molecule has 3 aromatic carbocycles. The van der Waals surface area contributed by atoms with E-state index in [-0.39, 0.29) is 11.7 Å². The number of nitrogens with zero attached hydrogens (tertiary/aromatic N) is 2. The predicted octanol–water partition coefficient (Wildman–Crippen LogP) is 4.63. The van der Waals surface area contributed by atoms with Crippen LogP contribution in [0.4, 0.5) is 9.52 Å². The number of carbonyl (C=O) groups excluding carboxylic acids is 2. The van der Waals surface area contributed by atoms with Gasteiger partial charge in [-0.2, -0.15) is 0 Å². The van der Waals surface area contributed by atoms with Crippen LogP contribution in [0.25, 0.3) is 10.6 Å². The summed E-state index contributed by atoms with van der Waals surface area (Å²) in [5, 5.41) is 14.6. The molecule has 0 spiro atoms. The smallest absolute Gasteiger partial charge is 0.252 e. The molecule has 1 aromatic heterocycles. The molecule has 0 bridgehead atoms. The van der Waals surface area contributed by atoms with Crippen molar-refractivity contribution < 1.29 is 14.0 Å². The second kappa shape index (κ2) is 10.1. The second-order valence-electron chi connectivity index (χ2n) is 7.44. The molecule has 2 amide bonds. The molecule has 0 saturated carbocycles. The summed E-state index contributed by atoms with van der Waals surface area (Å²) in [5.74, 6) is -1.07. The highest BCUT2D eigenvalue weighted by Crippen LogP contribution is 2.26. The van der Waals surface area contributed by atoms with Gasteiger partial charge in [0, 0.05) is 17.5 Å². The van der Waals surface area contributed by atoms with E-state index < -0.39 is 11.9 Å². The molecule has 4 rings (SSSR count). The number of halogens is 1. The Hall–Kier alpha value is -3.91. The third-order valence-electron chi connectivity index (χ3n) is 5.04. The summed E-state index contributed by atoms with van der Waals surface area (Å²) in [6.07, 6.45) is 0.313. The highest BCUT2D eigenvalue weighted by molar-refractivity contribution is 7.18. The average molecular weight is 461 g/mol. The first kappa shape index (κ1) is 22.3. The molecule has 0 radical (unpaired) electrons. The number of aryl methyl sites for hydroxylation is 1. The van der Waals surface area contributed by atoms with Crippen molar-refractivity contribution in [2.75, 3.05) is 5.32 Å². The summed E-state index contributed by atoms with van der Waals surface area (Å²) in [5.41, 5.74) is 2.94. The zero-order valence-electron chi connectivity index (χ0n) is 17.8. The molecule has 0 fully saturated rings. The summed E-state index contributed by atoms with van der Waals surface area (Å²) in [4.78, 5) is 26.0. The van der Waals surface area contributed by atoms with Gasteiger partial charge in [-0.05, 0) is 48.4 Å². The normalized spacial score (nSPS) is 11.6. The van der Waals surface area contributed by atoms with Crippen LogP contribution in [0.3, 0.4) is 0 Å². The molecule has 8 heteroatoms. The number of nitrogens with one attached hydrogen (secondary N) is 2. The molecule has 2 N–H and O–H groups in total. The largest absolute Gasteiger partial charge is 0.340 e. The lowest BCUT2D eigenvalue weighted by molar-refractivity contribution is -0.118. The zero-order chi connectivity index (χ0) is 23.2. The van der Waals surface area contributed by atoms with E-state index >= 15 is 0 Å². The number of rotatable bonds is 7. The van der Waals surface area contributed by atoms with Gasteiger partial charge in [0.05, 0.1) is 0 Å². The van der Waals surface area contributed by atoms with E-state index in [9.17, 15) is 14.0 Å². The van der Waals surface area contributed by atoms with Gasteiger partial charge in [-0.25, -0.2) is 4.39 Å². The maximum Gasteiger partial charge on any atom is 0.252 e. The van der Waals surface area contributed by atoms with Crippen LogP contribution in [-0.2, 0) is 11.2 Å². The van der Waals surface area contributed by atoms with Crippen LogP contribution in [0.5, 0.6) is 0 Å². The van der Waals surface area contributed by atoms with Gasteiger partial charge < -0.3 is 5.32 Å². The second-order valence-corrected chi connectivity index (χ2v) is 8.42. The molecule has 33 heavy (non-hydrogen) atoms. The summed E-state index contributed by atoms with van der Waals surface area (Å²) in [6.45, 7) is 1.85. The number of hydrogen-bond donors (Lipinski definition) is 2. The summed E-state index contributed by atoms with van der Waals surface area (Å²) in [6, 6.07) is 21.7. The maximum atomic E-state index is 13.2. The number of aromatic nitrogens is 2. The Balaban J connectivity index is 1.52. The van der Waals surface area contributed by atoms with E-state index in [1.165, 1.54) is 23.5 Å². The molecule has 6 nitrogen and oxygen atoms in total.